The van der Waals surface area contributed by atoms with E-state index >= 15 is 0 Å². The average molecular weight is 481 g/mol. The molecule has 6 nitrogen and oxygen atoms in total. The minimum atomic E-state index is -0.0430. The van der Waals surface area contributed by atoms with Crippen LogP contribution in [0.25, 0.3) is 0 Å². The fourth-order valence-electron chi connectivity index (χ4n) is 8.58. The van der Waals surface area contributed by atoms with Crippen LogP contribution in [0.5, 0.6) is 0 Å². The topological polar surface area (TPSA) is 37.7 Å². The van der Waals surface area contributed by atoms with Gasteiger partial charge in [-0.2, -0.15) is 10.2 Å². The van der Waals surface area contributed by atoms with Crippen LogP contribution in [0.4, 0.5) is 0 Å². The van der Waals surface area contributed by atoms with Gasteiger partial charge < -0.3 is 19.6 Å². The Balaban J connectivity index is 1.28. The molecule has 36 heavy (non-hydrogen) atoms. The molecule has 8 aliphatic rings. The van der Waals surface area contributed by atoms with Crippen molar-refractivity contribution in [2.75, 3.05) is 78.5 Å². The van der Waals surface area contributed by atoms with E-state index in [1.54, 1.807) is 0 Å². The van der Waals surface area contributed by atoms with E-state index in [4.69, 9.17) is 10.2 Å². The highest BCUT2D eigenvalue weighted by atomic mass is 15.3. The number of piperidine rings is 4. The Morgan fingerprint density at radius 3 is 1.17 bits per heavy atom. The van der Waals surface area contributed by atoms with Crippen molar-refractivity contribution in [1.82, 2.24) is 19.6 Å². The van der Waals surface area contributed by atoms with Gasteiger partial charge in [0.15, 0.2) is 0 Å². The predicted octanol–water partition coefficient (Wildman–Crippen LogP) is 2.18. The molecule has 0 radical (unpaired) electrons. The van der Waals surface area contributed by atoms with Crippen molar-refractivity contribution in [1.29, 1.82) is 0 Å². The number of nitrogens with zero attached hydrogens (tertiary/aromatic N) is 6. The summed E-state index contributed by atoms with van der Waals surface area (Å²) in [6.45, 7) is 13.5. The highest BCUT2D eigenvalue weighted by Gasteiger charge is 2.55. The van der Waals surface area contributed by atoms with Crippen molar-refractivity contribution >= 4 is 11.4 Å². The second-order valence-corrected chi connectivity index (χ2v) is 12.2. The third-order valence-corrected chi connectivity index (χ3v) is 10.0. The molecule has 8 saturated heterocycles. The Morgan fingerprint density at radius 2 is 0.833 bits per heavy atom. The van der Waals surface area contributed by atoms with Crippen LogP contribution < -0.4 is 0 Å². The minimum Gasteiger partial charge on any atom is -0.300 e. The summed E-state index contributed by atoms with van der Waals surface area (Å²) in [5.74, 6) is 0.943. The molecule has 4 unspecified atom stereocenters. The largest absolute Gasteiger partial charge is 0.300 e. The Hall–Kier alpha value is -2.38. The summed E-state index contributed by atoms with van der Waals surface area (Å²) >= 11 is 0. The number of benzene rings is 2. The van der Waals surface area contributed by atoms with Crippen molar-refractivity contribution in [3.63, 3.8) is 0 Å². The third-order valence-electron chi connectivity index (χ3n) is 10.0. The fraction of sp³-hybridized carbons (Fsp3) is 0.533. The molecule has 4 atom stereocenters. The number of hydrogen-bond donors (Lipinski definition) is 0. The molecule has 8 heterocycles. The Morgan fingerprint density at radius 1 is 0.500 bits per heavy atom. The maximum Gasteiger partial charge on any atom is 0.0612 e. The molecule has 2 aromatic rings. The zero-order chi connectivity index (χ0) is 23.7. The van der Waals surface area contributed by atoms with Crippen LogP contribution in [-0.4, -0.2) is 110 Å². The molecule has 6 heteroatoms. The van der Waals surface area contributed by atoms with Gasteiger partial charge in [0, 0.05) is 90.4 Å². The summed E-state index contributed by atoms with van der Waals surface area (Å²) < 4.78 is 0. The van der Waals surface area contributed by atoms with Crippen LogP contribution in [0.1, 0.15) is 11.1 Å². The lowest BCUT2D eigenvalue weighted by Gasteiger charge is -2.51. The van der Waals surface area contributed by atoms with Crippen LogP contribution in [0.15, 0.2) is 70.9 Å². The van der Waals surface area contributed by atoms with Crippen LogP contribution in [0.3, 0.4) is 0 Å². The van der Waals surface area contributed by atoms with Gasteiger partial charge in [-0.05, 0) is 11.1 Å². The molecule has 0 aromatic heterocycles. The van der Waals surface area contributed by atoms with Gasteiger partial charge in [0.1, 0.15) is 0 Å². The summed E-state index contributed by atoms with van der Waals surface area (Å²) in [4.78, 5) is 10.8. The number of rotatable bonds is 3. The molecule has 186 valence electrons. The summed E-state index contributed by atoms with van der Waals surface area (Å²) in [5, 5.41) is 10.7. The highest BCUT2D eigenvalue weighted by molar-refractivity contribution is 6.02. The monoisotopic (exact) mass is 480 g/mol. The Bertz CT molecular complexity index is 1080. The second kappa shape index (κ2) is 8.06. The van der Waals surface area contributed by atoms with E-state index in [1.807, 2.05) is 0 Å². The highest BCUT2D eigenvalue weighted by Crippen LogP contribution is 2.43. The van der Waals surface area contributed by atoms with E-state index < -0.39 is 0 Å². The third kappa shape index (κ3) is 3.18. The van der Waals surface area contributed by atoms with Crippen LogP contribution in [0, 0.1) is 11.8 Å². The number of hydrogen-bond acceptors (Lipinski definition) is 6. The van der Waals surface area contributed by atoms with Crippen molar-refractivity contribution in [2.45, 2.75) is 10.8 Å². The quantitative estimate of drug-likeness (QED) is 0.632. The van der Waals surface area contributed by atoms with Crippen LogP contribution >= 0.6 is 0 Å². The lowest BCUT2D eigenvalue weighted by molar-refractivity contribution is 0.161. The van der Waals surface area contributed by atoms with Gasteiger partial charge in [-0.1, -0.05) is 60.7 Å². The zero-order valence-electron chi connectivity index (χ0n) is 21.1. The minimum absolute atomic E-state index is 0.0430. The molecule has 2 aromatic carbocycles. The first-order valence-electron chi connectivity index (χ1n) is 13.9. The number of fused-ring (bicyclic) bond motifs is 2. The maximum atomic E-state index is 5.37. The van der Waals surface area contributed by atoms with E-state index in [1.165, 1.54) is 48.7 Å². The fourth-order valence-corrected chi connectivity index (χ4v) is 8.58. The van der Waals surface area contributed by atoms with E-state index in [2.05, 4.69) is 80.3 Å². The predicted molar refractivity (Wildman–Crippen MR) is 144 cm³/mol. The molecular formula is C30H36N6. The van der Waals surface area contributed by atoms with Crippen molar-refractivity contribution < 1.29 is 0 Å². The van der Waals surface area contributed by atoms with Gasteiger partial charge in [-0.3, -0.25) is 0 Å². The SMILES string of the molecule is c1ccc(C23CN4CCN(CC(C4)/C2=N/N=C2/C4CN5CCN(C4)CC2(c2ccccc2)C5)C3)cc1. The standard InChI is InChI=1S/C30H36N6/c1-3-7-25(8-4-1)29-19-33-11-12-34(20-29)16-23(15-33)27(29)31-32-28-24-17-35-13-14-36(18-24)22-30(28,21-35)26-9-5-2-6-10-26/h1-10,23-24H,11-22H2/b31-27-,32-28-. The molecule has 0 N–H and O–H groups in total. The summed E-state index contributed by atoms with van der Waals surface area (Å²) in [7, 11) is 0. The zero-order valence-corrected chi connectivity index (χ0v) is 21.1. The van der Waals surface area contributed by atoms with Crippen molar-refractivity contribution in [2.24, 2.45) is 22.0 Å². The van der Waals surface area contributed by atoms with Gasteiger partial charge >= 0.3 is 0 Å². The van der Waals surface area contributed by atoms with E-state index in [0.717, 1.165) is 52.4 Å². The second-order valence-electron chi connectivity index (χ2n) is 12.2. The molecule has 8 bridgehead atoms. The first-order chi connectivity index (χ1) is 17.7. The Labute approximate surface area is 214 Å². The molecule has 10 rings (SSSR count). The van der Waals surface area contributed by atoms with Crippen molar-refractivity contribution in [3.8, 4) is 0 Å². The average Bonchev–Trinajstić information content (AvgIpc) is 3.30. The lowest BCUT2D eigenvalue weighted by Crippen LogP contribution is -2.64. The van der Waals surface area contributed by atoms with Gasteiger partial charge in [-0.25, -0.2) is 0 Å². The van der Waals surface area contributed by atoms with Crippen LogP contribution in [0.2, 0.25) is 0 Å². The lowest BCUT2D eigenvalue weighted by atomic mass is 9.66. The molecule has 8 aliphatic heterocycles. The van der Waals surface area contributed by atoms with E-state index in [9.17, 15) is 0 Å². The first kappa shape index (κ1) is 21.7. The van der Waals surface area contributed by atoms with E-state index in [0.29, 0.717) is 11.8 Å². The van der Waals surface area contributed by atoms with E-state index in [-0.39, 0.29) is 10.8 Å². The molecule has 0 aliphatic carbocycles. The van der Waals surface area contributed by atoms with Gasteiger partial charge in [0.25, 0.3) is 0 Å². The smallest absolute Gasteiger partial charge is 0.0612 e. The molecule has 0 saturated carbocycles. The van der Waals surface area contributed by atoms with Gasteiger partial charge in [-0.15, -0.1) is 0 Å². The first-order valence-corrected chi connectivity index (χ1v) is 13.9. The summed E-state index contributed by atoms with van der Waals surface area (Å²) in [6, 6.07) is 22.4. The van der Waals surface area contributed by atoms with Gasteiger partial charge in [0.2, 0.25) is 0 Å². The molecule has 8 fully saturated rings. The normalized spacial score (nSPS) is 44.8. The Kier molecular flexibility index (Phi) is 4.85. The molecule has 0 amide bonds. The summed E-state index contributed by atoms with van der Waals surface area (Å²) in [5.41, 5.74) is 5.46. The van der Waals surface area contributed by atoms with Crippen molar-refractivity contribution in [3.05, 3.63) is 71.8 Å². The molecular weight excluding hydrogens is 444 g/mol. The molecule has 0 spiro atoms. The maximum absolute atomic E-state index is 5.37. The summed E-state index contributed by atoms with van der Waals surface area (Å²) in [6.07, 6.45) is 0. The van der Waals surface area contributed by atoms with Gasteiger partial charge in [0.05, 0.1) is 22.3 Å². The van der Waals surface area contributed by atoms with Crippen LogP contribution in [-0.2, 0) is 10.8 Å².